The van der Waals surface area contributed by atoms with Crippen molar-refractivity contribution >= 4 is 23.7 Å². The zero-order valence-electron chi connectivity index (χ0n) is 18.9. The van der Waals surface area contributed by atoms with E-state index in [1.54, 1.807) is 12.1 Å². The highest BCUT2D eigenvalue weighted by Gasteiger charge is 2.40. The van der Waals surface area contributed by atoms with E-state index >= 15 is 0 Å². The van der Waals surface area contributed by atoms with E-state index in [1.165, 1.54) is 4.90 Å². The summed E-state index contributed by atoms with van der Waals surface area (Å²) >= 11 is 0. The van der Waals surface area contributed by atoms with E-state index in [-0.39, 0.29) is 49.4 Å². The first-order chi connectivity index (χ1) is 15.8. The number of rotatable bonds is 6. The van der Waals surface area contributed by atoms with E-state index in [0.29, 0.717) is 37.4 Å². The molecule has 1 aliphatic carbocycles. The number of hydrogen-bond acceptors (Lipinski definition) is 6. The van der Waals surface area contributed by atoms with Crippen molar-refractivity contribution in [3.8, 4) is 11.8 Å². The van der Waals surface area contributed by atoms with Crippen LogP contribution in [0.2, 0.25) is 0 Å². The molecule has 1 unspecified atom stereocenters. The highest BCUT2D eigenvalue weighted by molar-refractivity contribution is 6.05. The molecule has 2 heterocycles. The summed E-state index contributed by atoms with van der Waals surface area (Å²) in [7, 11) is 0. The monoisotopic (exact) mass is 452 g/mol. The van der Waals surface area contributed by atoms with Gasteiger partial charge in [0.1, 0.15) is 12.6 Å². The Balaban J connectivity index is 1.30. The minimum atomic E-state index is -0.648. The van der Waals surface area contributed by atoms with Gasteiger partial charge >= 0.3 is 5.97 Å². The molecular weight excluding hydrogens is 424 g/mol. The molecular formula is C25H28N2O6. The highest BCUT2D eigenvalue weighted by Crippen LogP contribution is 2.31. The van der Waals surface area contributed by atoms with Crippen LogP contribution in [-0.2, 0) is 30.4 Å². The van der Waals surface area contributed by atoms with Crippen molar-refractivity contribution in [1.29, 1.82) is 0 Å². The predicted molar refractivity (Wildman–Crippen MR) is 118 cm³/mol. The zero-order valence-corrected chi connectivity index (χ0v) is 18.9. The van der Waals surface area contributed by atoms with Crippen LogP contribution in [-0.4, -0.2) is 54.0 Å². The average Bonchev–Trinajstić information content (AvgIpc) is 3.07. The first kappa shape index (κ1) is 23.0. The van der Waals surface area contributed by atoms with Gasteiger partial charge in [-0.05, 0) is 42.9 Å². The van der Waals surface area contributed by atoms with Gasteiger partial charge in [-0.2, -0.15) is 0 Å². The standard InChI is InChI=1S/C25H28N2O6/c1-15(2)14-33-25(31)17-11-18(12-17)32-10-4-6-16-5-3-7-19-20(16)13-27(24(19)30)21-8-9-22(28)26-23(21)29/h3,5,7,15,17-18,21H,8-14H2,1-2H3,(H,26,28,29)/t17-,18-,21?. The number of esters is 1. The first-order valence-electron chi connectivity index (χ1n) is 11.4. The van der Waals surface area contributed by atoms with E-state index in [0.717, 1.165) is 11.1 Å². The molecule has 33 heavy (non-hydrogen) atoms. The molecule has 174 valence electrons. The second-order valence-electron chi connectivity index (χ2n) is 9.16. The molecule has 2 aliphatic heterocycles. The Morgan fingerprint density at radius 1 is 1.24 bits per heavy atom. The van der Waals surface area contributed by atoms with Crippen molar-refractivity contribution in [2.45, 2.75) is 58.2 Å². The summed E-state index contributed by atoms with van der Waals surface area (Å²) in [5.41, 5.74) is 2.05. The Morgan fingerprint density at radius 3 is 2.76 bits per heavy atom. The summed E-state index contributed by atoms with van der Waals surface area (Å²) in [5, 5.41) is 2.31. The van der Waals surface area contributed by atoms with Gasteiger partial charge in [-0.25, -0.2) is 0 Å². The summed E-state index contributed by atoms with van der Waals surface area (Å²) in [5.74, 6) is 5.19. The number of piperidine rings is 1. The van der Waals surface area contributed by atoms with Gasteiger partial charge < -0.3 is 14.4 Å². The molecule has 0 bridgehead atoms. The molecule has 4 rings (SSSR count). The average molecular weight is 453 g/mol. The van der Waals surface area contributed by atoms with Gasteiger partial charge in [-0.15, -0.1) is 0 Å². The fourth-order valence-corrected chi connectivity index (χ4v) is 4.25. The van der Waals surface area contributed by atoms with Gasteiger partial charge in [-0.3, -0.25) is 24.5 Å². The van der Waals surface area contributed by atoms with Crippen LogP contribution in [0.25, 0.3) is 0 Å². The first-order valence-corrected chi connectivity index (χ1v) is 11.4. The van der Waals surface area contributed by atoms with Crippen LogP contribution in [0.3, 0.4) is 0 Å². The Bertz CT molecular complexity index is 1030. The molecule has 1 aromatic carbocycles. The molecule has 3 aliphatic rings. The van der Waals surface area contributed by atoms with Crippen LogP contribution >= 0.6 is 0 Å². The van der Waals surface area contributed by atoms with E-state index in [9.17, 15) is 19.2 Å². The van der Waals surface area contributed by atoms with Crippen molar-refractivity contribution in [1.82, 2.24) is 10.2 Å². The van der Waals surface area contributed by atoms with Crippen molar-refractivity contribution in [2.75, 3.05) is 13.2 Å². The summed E-state index contributed by atoms with van der Waals surface area (Å²) < 4.78 is 11.0. The van der Waals surface area contributed by atoms with Crippen molar-refractivity contribution in [3.05, 3.63) is 34.9 Å². The third-order valence-corrected chi connectivity index (χ3v) is 6.18. The fourth-order valence-electron chi connectivity index (χ4n) is 4.25. The van der Waals surface area contributed by atoms with Gasteiger partial charge in [0.2, 0.25) is 11.8 Å². The summed E-state index contributed by atoms with van der Waals surface area (Å²) in [6, 6.07) is 4.70. The number of nitrogens with one attached hydrogen (secondary N) is 1. The Kier molecular flexibility index (Phi) is 6.80. The van der Waals surface area contributed by atoms with E-state index in [2.05, 4.69) is 17.2 Å². The Hall–Kier alpha value is -3.18. The normalized spacial score (nSPS) is 24.0. The number of ether oxygens (including phenoxy) is 2. The van der Waals surface area contributed by atoms with Crippen molar-refractivity contribution in [2.24, 2.45) is 11.8 Å². The van der Waals surface area contributed by atoms with Crippen LogP contribution in [0, 0.1) is 23.7 Å². The van der Waals surface area contributed by atoms with E-state index in [4.69, 9.17) is 9.47 Å². The summed E-state index contributed by atoms with van der Waals surface area (Å²) in [4.78, 5) is 49.9. The van der Waals surface area contributed by atoms with Gasteiger partial charge in [0.15, 0.2) is 0 Å². The lowest BCUT2D eigenvalue weighted by Gasteiger charge is -2.32. The molecule has 8 nitrogen and oxygen atoms in total. The number of hydrogen-bond donors (Lipinski definition) is 1. The Labute approximate surface area is 193 Å². The van der Waals surface area contributed by atoms with Gasteiger partial charge in [0.05, 0.1) is 18.6 Å². The van der Waals surface area contributed by atoms with Crippen LogP contribution in [0.15, 0.2) is 18.2 Å². The van der Waals surface area contributed by atoms with Gasteiger partial charge in [-0.1, -0.05) is 31.8 Å². The fraction of sp³-hybridized carbons (Fsp3) is 0.520. The molecule has 8 heteroatoms. The number of carbonyl (C=O) groups is 4. The second kappa shape index (κ2) is 9.75. The lowest BCUT2D eigenvalue weighted by molar-refractivity contribution is -0.158. The maximum Gasteiger partial charge on any atom is 0.309 e. The molecule has 1 saturated carbocycles. The zero-order chi connectivity index (χ0) is 23.5. The van der Waals surface area contributed by atoms with Crippen LogP contribution in [0.5, 0.6) is 0 Å². The number of fused-ring (bicyclic) bond motifs is 1. The second-order valence-corrected chi connectivity index (χ2v) is 9.16. The lowest BCUT2D eigenvalue weighted by Crippen LogP contribution is -2.52. The number of imide groups is 1. The maximum absolute atomic E-state index is 12.9. The molecule has 1 saturated heterocycles. The Morgan fingerprint density at radius 2 is 2.03 bits per heavy atom. The number of carbonyl (C=O) groups excluding carboxylic acids is 4. The number of benzene rings is 1. The lowest BCUT2D eigenvalue weighted by atomic mass is 9.82. The van der Waals surface area contributed by atoms with Crippen LogP contribution in [0.1, 0.15) is 61.0 Å². The van der Waals surface area contributed by atoms with Crippen LogP contribution in [0.4, 0.5) is 0 Å². The van der Waals surface area contributed by atoms with Crippen molar-refractivity contribution < 1.29 is 28.7 Å². The molecule has 2 fully saturated rings. The molecule has 1 aromatic rings. The molecule has 0 spiro atoms. The largest absolute Gasteiger partial charge is 0.465 e. The number of amides is 3. The molecule has 3 amide bonds. The van der Waals surface area contributed by atoms with Crippen LogP contribution < -0.4 is 5.32 Å². The molecule has 1 atom stereocenters. The molecule has 1 N–H and O–H groups in total. The minimum Gasteiger partial charge on any atom is -0.465 e. The third kappa shape index (κ3) is 5.09. The third-order valence-electron chi connectivity index (χ3n) is 6.18. The smallest absolute Gasteiger partial charge is 0.309 e. The maximum atomic E-state index is 12.9. The summed E-state index contributed by atoms with van der Waals surface area (Å²) in [6.07, 6.45) is 1.84. The topological polar surface area (TPSA) is 102 Å². The van der Waals surface area contributed by atoms with E-state index < -0.39 is 11.9 Å². The minimum absolute atomic E-state index is 0.00184. The predicted octanol–water partition coefficient (Wildman–Crippen LogP) is 1.79. The molecule has 0 aromatic heterocycles. The number of nitrogens with zero attached hydrogens (tertiary/aromatic N) is 1. The summed E-state index contributed by atoms with van der Waals surface area (Å²) in [6.45, 7) is 4.96. The molecule has 0 radical (unpaired) electrons. The van der Waals surface area contributed by atoms with E-state index in [1.807, 2.05) is 19.9 Å². The SMILES string of the molecule is CC(C)COC(=O)[C@H]1C[C@H](OCC#Cc2cccc3c2CN(C2CCC(=O)NC2=O)C3=O)C1. The van der Waals surface area contributed by atoms with Crippen molar-refractivity contribution in [3.63, 3.8) is 0 Å². The van der Waals surface area contributed by atoms with Gasteiger partial charge in [0.25, 0.3) is 5.91 Å². The highest BCUT2D eigenvalue weighted by atomic mass is 16.5. The quantitative estimate of drug-likeness (QED) is 0.401. The van der Waals surface area contributed by atoms with Gasteiger partial charge in [0, 0.05) is 24.1 Å².